The summed E-state index contributed by atoms with van der Waals surface area (Å²) in [6, 6.07) is 13.8. The zero-order chi connectivity index (χ0) is 20.8. The maximum Gasteiger partial charge on any atom is 0.292 e. The van der Waals surface area contributed by atoms with Crippen molar-refractivity contribution in [1.82, 2.24) is 4.90 Å². The summed E-state index contributed by atoms with van der Waals surface area (Å²) in [5, 5.41) is 13.9. The number of para-hydroxylation sites is 3. The molecule has 1 fully saturated rings. The fourth-order valence-corrected chi connectivity index (χ4v) is 3.34. The van der Waals surface area contributed by atoms with Crippen LogP contribution in [0.3, 0.4) is 0 Å². The fraction of sp³-hybridized carbons (Fsp3) is 0.381. The molecule has 2 aromatic rings. The second-order valence-corrected chi connectivity index (χ2v) is 7.08. The van der Waals surface area contributed by atoms with Gasteiger partial charge in [-0.1, -0.05) is 30.3 Å². The molecular weight excluding hydrogens is 372 g/mol. The lowest BCUT2D eigenvalue weighted by Gasteiger charge is -2.32. The van der Waals surface area contributed by atoms with E-state index in [1.807, 2.05) is 24.1 Å². The van der Waals surface area contributed by atoms with E-state index in [0.717, 1.165) is 24.3 Å². The molecule has 1 N–H and O–H groups in total. The molecule has 2 aromatic carbocycles. The van der Waals surface area contributed by atoms with Crippen LogP contribution in [0, 0.1) is 10.1 Å². The first-order valence-electron chi connectivity index (χ1n) is 9.62. The van der Waals surface area contributed by atoms with Gasteiger partial charge in [0.2, 0.25) is 5.91 Å². The van der Waals surface area contributed by atoms with Gasteiger partial charge in [-0.15, -0.1) is 0 Å². The second-order valence-electron chi connectivity index (χ2n) is 7.08. The average molecular weight is 398 g/mol. The molecule has 0 radical (unpaired) electrons. The van der Waals surface area contributed by atoms with Crippen LogP contribution >= 0.6 is 0 Å². The molecule has 0 aliphatic carbocycles. The number of nitro benzene ring substituents is 1. The van der Waals surface area contributed by atoms with Crippen LogP contribution in [0.4, 0.5) is 17.1 Å². The maximum atomic E-state index is 12.7. The summed E-state index contributed by atoms with van der Waals surface area (Å²) in [6.07, 6.45) is 0. The molecule has 1 atom stereocenters. The highest BCUT2D eigenvalue weighted by Crippen LogP contribution is 2.25. The lowest BCUT2D eigenvalue weighted by molar-refractivity contribution is -0.383. The van der Waals surface area contributed by atoms with Crippen molar-refractivity contribution in [3.63, 3.8) is 0 Å². The highest BCUT2D eigenvalue weighted by Gasteiger charge is 2.23. The summed E-state index contributed by atoms with van der Waals surface area (Å²) in [5.41, 5.74) is 2.36. The fourth-order valence-electron chi connectivity index (χ4n) is 3.34. The summed E-state index contributed by atoms with van der Waals surface area (Å²) in [6.45, 7) is 5.47. The van der Waals surface area contributed by atoms with Crippen molar-refractivity contribution >= 4 is 23.0 Å². The highest BCUT2D eigenvalue weighted by molar-refractivity contribution is 5.96. The largest absolute Gasteiger partial charge is 0.378 e. The predicted molar refractivity (Wildman–Crippen MR) is 112 cm³/mol. The summed E-state index contributed by atoms with van der Waals surface area (Å²) in [4.78, 5) is 27.6. The first-order valence-corrected chi connectivity index (χ1v) is 9.62. The Bertz CT molecular complexity index is 867. The molecule has 1 aliphatic rings. The first kappa shape index (κ1) is 20.8. The van der Waals surface area contributed by atoms with Crippen LogP contribution in [0.5, 0.6) is 0 Å². The zero-order valence-electron chi connectivity index (χ0n) is 16.7. The number of likely N-dealkylation sites (N-methyl/N-ethyl adjacent to an activating group) is 1. The number of carbonyl (C=O) groups is 1. The minimum Gasteiger partial charge on any atom is -0.378 e. The molecule has 1 aliphatic heterocycles. The molecular formula is C21H26N4O4. The number of carbonyl (C=O) groups excluding carboxylic acids is 1. The van der Waals surface area contributed by atoms with Crippen molar-refractivity contribution < 1.29 is 14.5 Å². The number of benzene rings is 2. The predicted octanol–water partition coefficient (Wildman–Crippen LogP) is 2.89. The number of nitrogens with one attached hydrogen (secondary N) is 1. The van der Waals surface area contributed by atoms with Crippen LogP contribution < -0.4 is 10.2 Å². The maximum absolute atomic E-state index is 12.7. The highest BCUT2D eigenvalue weighted by atomic mass is 16.6. The Morgan fingerprint density at radius 3 is 2.59 bits per heavy atom. The Morgan fingerprint density at radius 2 is 1.86 bits per heavy atom. The van der Waals surface area contributed by atoms with Crippen molar-refractivity contribution in [1.29, 1.82) is 0 Å². The first-order chi connectivity index (χ1) is 14.0. The van der Waals surface area contributed by atoms with Gasteiger partial charge in [-0.3, -0.25) is 19.8 Å². The van der Waals surface area contributed by atoms with Crippen molar-refractivity contribution in [2.75, 3.05) is 43.6 Å². The van der Waals surface area contributed by atoms with Gasteiger partial charge < -0.3 is 15.0 Å². The molecule has 0 unspecified atom stereocenters. The van der Waals surface area contributed by atoms with E-state index in [-0.39, 0.29) is 17.3 Å². The SMILES string of the molecule is C[C@H](C(=O)Nc1ccccc1[N+](=O)[O-])N(C)Cc1ccccc1N1CCOCC1. The Kier molecular flexibility index (Phi) is 6.79. The molecule has 0 saturated carbocycles. The molecule has 8 heteroatoms. The van der Waals surface area contributed by atoms with Gasteiger partial charge in [0.1, 0.15) is 5.69 Å². The molecule has 3 rings (SSSR count). The van der Waals surface area contributed by atoms with Crippen LogP contribution in [-0.4, -0.2) is 55.1 Å². The van der Waals surface area contributed by atoms with Crippen LogP contribution in [0.1, 0.15) is 12.5 Å². The van der Waals surface area contributed by atoms with Crippen LogP contribution in [0.2, 0.25) is 0 Å². The van der Waals surface area contributed by atoms with E-state index in [1.54, 1.807) is 19.1 Å². The zero-order valence-corrected chi connectivity index (χ0v) is 16.7. The summed E-state index contributed by atoms with van der Waals surface area (Å²) in [7, 11) is 1.87. The standard InChI is InChI=1S/C21H26N4O4/c1-16(21(26)22-18-8-4-6-10-20(18)25(27)28)23(2)15-17-7-3-5-9-19(17)24-11-13-29-14-12-24/h3-10,16H,11-15H2,1-2H3,(H,22,26)/t16-/m1/s1. The molecule has 0 bridgehead atoms. The quantitative estimate of drug-likeness (QED) is 0.570. The second kappa shape index (κ2) is 9.49. The average Bonchev–Trinajstić information content (AvgIpc) is 2.74. The molecule has 0 aromatic heterocycles. The molecule has 29 heavy (non-hydrogen) atoms. The number of nitro groups is 1. The van der Waals surface area contributed by atoms with Gasteiger partial charge in [0.15, 0.2) is 0 Å². The number of nitrogens with zero attached hydrogens (tertiary/aromatic N) is 3. The molecule has 1 amide bonds. The Hall–Kier alpha value is -2.97. The van der Waals surface area contributed by atoms with E-state index in [0.29, 0.717) is 19.8 Å². The smallest absolute Gasteiger partial charge is 0.292 e. The number of hydrogen-bond acceptors (Lipinski definition) is 6. The number of ether oxygens (including phenoxy) is 1. The molecule has 0 spiro atoms. The molecule has 1 heterocycles. The van der Waals surface area contributed by atoms with Gasteiger partial charge in [0.25, 0.3) is 5.69 Å². The van der Waals surface area contributed by atoms with E-state index < -0.39 is 11.0 Å². The lowest BCUT2D eigenvalue weighted by atomic mass is 10.1. The summed E-state index contributed by atoms with van der Waals surface area (Å²) < 4.78 is 5.44. The number of amides is 1. The normalized spacial score (nSPS) is 15.2. The van der Waals surface area contributed by atoms with E-state index >= 15 is 0 Å². The third-order valence-electron chi connectivity index (χ3n) is 5.16. The van der Waals surface area contributed by atoms with Gasteiger partial charge in [-0.05, 0) is 31.7 Å². The third kappa shape index (κ3) is 5.10. The number of morpholine rings is 1. The van der Waals surface area contributed by atoms with Crippen LogP contribution in [0.15, 0.2) is 48.5 Å². The van der Waals surface area contributed by atoms with E-state index in [9.17, 15) is 14.9 Å². The minimum atomic E-state index is -0.497. The van der Waals surface area contributed by atoms with Crippen molar-refractivity contribution in [3.05, 3.63) is 64.2 Å². The van der Waals surface area contributed by atoms with Crippen molar-refractivity contribution in [2.45, 2.75) is 19.5 Å². The third-order valence-corrected chi connectivity index (χ3v) is 5.16. The molecule has 154 valence electrons. The Balaban J connectivity index is 1.69. The number of rotatable bonds is 7. The lowest BCUT2D eigenvalue weighted by Crippen LogP contribution is -2.40. The van der Waals surface area contributed by atoms with Crippen LogP contribution in [0.25, 0.3) is 0 Å². The van der Waals surface area contributed by atoms with Gasteiger partial charge in [-0.25, -0.2) is 0 Å². The van der Waals surface area contributed by atoms with Gasteiger partial charge >= 0.3 is 0 Å². The monoisotopic (exact) mass is 398 g/mol. The minimum absolute atomic E-state index is 0.117. The summed E-state index contributed by atoms with van der Waals surface area (Å²) >= 11 is 0. The Morgan fingerprint density at radius 1 is 1.21 bits per heavy atom. The van der Waals surface area contributed by atoms with Crippen molar-refractivity contribution in [3.8, 4) is 0 Å². The molecule has 1 saturated heterocycles. The summed E-state index contributed by atoms with van der Waals surface area (Å²) in [5.74, 6) is -0.286. The Labute approximate surface area is 170 Å². The van der Waals surface area contributed by atoms with Gasteiger partial charge in [-0.2, -0.15) is 0 Å². The number of hydrogen-bond donors (Lipinski definition) is 1. The van der Waals surface area contributed by atoms with Gasteiger partial charge in [0.05, 0.1) is 24.2 Å². The van der Waals surface area contributed by atoms with E-state index in [1.165, 1.54) is 12.1 Å². The molecule has 8 nitrogen and oxygen atoms in total. The van der Waals surface area contributed by atoms with E-state index in [4.69, 9.17) is 4.74 Å². The number of anilines is 2. The topological polar surface area (TPSA) is 87.9 Å². The van der Waals surface area contributed by atoms with Crippen LogP contribution in [-0.2, 0) is 16.1 Å². The van der Waals surface area contributed by atoms with E-state index in [2.05, 4.69) is 22.3 Å². The van der Waals surface area contributed by atoms with Crippen molar-refractivity contribution in [2.24, 2.45) is 0 Å². The van der Waals surface area contributed by atoms with Gasteiger partial charge in [0, 0.05) is 31.4 Å².